The molecule has 0 heterocycles. The average molecular weight is 293 g/mol. The minimum Gasteiger partial charge on any atom is -0.481 e. The molecular formula is C11H19NO6S. The molecule has 0 aliphatic heterocycles. The zero-order valence-corrected chi connectivity index (χ0v) is 11.8. The van der Waals surface area contributed by atoms with E-state index in [4.69, 9.17) is 0 Å². The molecule has 0 bridgehead atoms. The number of hydrogen-bond donors (Lipinski definition) is 2. The molecule has 0 spiro atoms. The summed E-state index contributed by atoms with van der Waals surface area (Å²) in [5, 5.41) is 7.87. The summed E-state index contributed by atoms with van der Waals surface area (Å²) in [6, 6.07) is 0. The van der Waals surface area contributed by atoms with Crippen LogP contribution in [0.1, 0.15) is 32.6 Å². The zero-order chi connectivity index (χ0) is 14.7. The Balaban J connectivity index is 2.74. The molecule has 2 N–H and O–H groups in total. The molecule has 1 atom stereocenters. The van der Waals surface area contributed by atoms with Crippen LogP contribution in [0.15, 0.2) is 0 Å². The van der Waals surface area contributed by atoms with E-state index >= 15 is 0 Å². The molecule has 0 saturated heterocycles. The number of methoxy groups -OCH3 is 1. The van der Waals surface area contributed by atoms with Crippen molar-refractivity contribution in [3.8, 4) is 0 Å². The van der Waals surface area contributed by atoms with Crippen LogP contribution in [0.2, 0.25) is 0 Å². The van der Waals surface area contributed by atoms with E-state index in [9.17, 15) is 23.1 Å². The molecule has 0 aromatic carbocycles. The van der Waals surface area contributed by atoms with Crippen molar-refractivity contribution in [3.05, 3.63) is 0 Å². The Morgan fingerprint density at radius 1 is 1.37 bits per heavy atom. The lowest BCUT2D eigenvalue weighted by molar-refractivity contribution is -0.148. The highest BCUT2D eigenvalue weighted by molar-refractivity contribution is 7.90. The molecule has 1 aliphatic rings. The van der Waals surface area contributed by atoms with Gasteiger partial charge in [-0.05, 0) is 19.8 Å². The SMILES string of the molecule is COC(=O)C(C)S(=O)(=O)NCC1(C(=O)O)CCCC1. The first-order valence-electron chi connectivity index (χ1n) is 6.05. The van der Waals surface area contributed by atoms with Gasteiger partial charge in [0.05, 0.1) is 12.5 Å². The smallest absolute Gasteiger partial charge is 0.325 e. The van der Waals surface area contributed by atoms with E-state index in [1.54, 1.807) is 0 Å². The Labute approximate surface area is 112 Å². The maximum Gasteiger partial charge on any atom is 0.325 e. The third kappa shape index (κ3) is 3.44. The second-order valence-electron chi connectivity index (χ2n) is 4.82. The Morgan fingerprint density at radius 3 is 2.32 bits per heavy atom. The highest BCUT2D eigenvalue weighted by Crippen LogP contribution is 2.37. The van der Waals surface area contributed by atoms with Crippen molar-refractivity contribution in [2.45, 2.75) is 37.9 Å². The second kappa shape index (κ2) is 5.87. The fourth-order valence-corrected chi connectivity index (χ4v) is 3.25. The Bertz CT molecular complexity index is 452. The molecule has 0 radical (unpaired) electrons. The minimum atomic E-state index is -3.92. The molecule has 1 unspecified atom stereocenters. The molecule has 1 fully saturated rings. The molecule has 0 amide bonds. The number of carbonyl (C=O) groups excluding carboxylic acids is 1. The summed E-state index contributed by atoms with van der Waals surface area (Å²) in [6.07, 6.45) is 2.41. The summed E-state index contributed by atoms with van der Waals surface area (Å²) in [6.45, 7) is 1.02. The van der Waals surface area contributed by atoms with Crippen LogP contribution in [0.5, 0.6) is 0 Å². The summed E-state index contributed by atoms with van der Waals surface area (Å²) >= 11 is 0. The molecular weight excluding hydrogens is 274 g/mol. The van der Waals surface area contributed by atoms with Crippen LogP contribution in [0.25, 0.3) is 0 Å². The topological polar surface area (TPSA) is 110 Å². The molecule has 7 nitrogen and oxygen atoms in total. The first-order valence-corrected chi connectivity index (χ1v) is 7.59. The first kappa shape index (κ1) is 15.9. The highest BCUT2D eigenvalue weighted by atomic mass is 32.2. The summed E-state index contributed by atoms with van der Waals surface area (Å²) in [7, 11) is -2.82. The molecule has 1 aliphatic carbocycles. The van der Waals surface area contributed by atoms with Gasteiger partial charge >= 0.3 is 11.9 Å². The summed E-state index contributed by atoms with van der Waals surface area (Å²) < 4.78 is 30.3. The number of sulfonamides is 1. The number of ether oxygens (including phenoxy) is 1. The third-order valence-corrected chi connectivity index (χ3v) is 5.29. The number of carbonyl (C=O) groups is 2. The van der Waals surface area contributed by atoms with E-state index in [0.717, 1.165) is 20.0 Å². The van der Waals surface area contributed by atoms with Crippen molar-refractivity contribution in [2.24, 2.45) is 5.41 Å². The summed E-state index contributed by atoms with van der Waals surface area (Å²) in [5.74, 6) is -1.87. The van der Waals surface area contributed by atoms with E-state index in [-0.39, 0.29) is 6.54 Å². The number of rotatable bonds is 6. The van der Waals surface area contributed by atoms with E-state index in [0.29, 0.717) is 12.8 Å². The lowest BCUT2D eigenvalue weighted by Gasteiger charge is -2.24. The van der Waals surface area contributed by atoms with Gasteiger partial charge in [-0.15, -0.1) is 0 Å². The van der Waals surface area contributed by atoms with Crippen molar-refractivity contribution >= 4 is 22.0 Å². The van der Waals surface area contributed by atoms with Gasteiger partial charge in [-0.1, -0.05) is 12.8 Å². The monoisotopic (exact) mass is 293 g/mol. The Kier molecular flexibility index (Phi) is 4.92. The van der Waals surface area contributed by atoms with Gasteiger partial charge < -0.3 is 9.84 Å². The lowest BCUT2D eigenvalue weighted by atomic mass is 9.87. The van der Waals surface area contributed by atoms with Crippen molar-refractivity contribution < 1.29 is 27.9 Å². The molecule has 0 aromatic heterocycles. The molecule has 19 heavy (non-hydrogen) atoms. The van der Waals surface area contributed by atoms with Gasteiger partial charge in [0, 0.05) is 6.54 Å². The van der Waals surface area contributed by atoms with Crippen LogP contribution in [-0.4, -0.2) is 44.4 Å². The van der Waals surface area contributed by atoms with Gasteiger partial charge in [0.1, 0.15) is 0 Å². The molecule has 1 saturated carbocycles. The molecule has 0 aromatic rings. The summed E-state index contributed by atoms with van der Waals surface area (Å²) in [5.41, 5.74) is -1.05. The second-order valence-corrected chi connectivity index (χ2v) is 6.91. The average Bonchev–Trinajstić information content (AvgIpc) is 2.84. The zero-order valence-electron chi connectivity index (χ0n) is 11.0. The van der Waals surface area contributed by atoms with Crippen molar-refractivity contribution in [1.29, 1.82) is 0 Å². The van der Waals surface area contributed by atoms with Crippen LogP contribution in [0, 0.1) is 5.41 Å². The van der Waals surface area contributed by atoms with E-state index in [1.807, 2.05) is 0 Å². The van der Waals surface area contributed by atoms with Crippen LogP contribution in [-0.2, 0) is 24.3 Å². The number of esters is 1. The molecule has 110 valence electrons. The number of aliphatic carboxylic acids is 1. The maximum absolute atomic E-state index is 11.8. The van der Waals surface area contributed by atoms with Gasteiger partial charge in [-0.3, -0.25) is 9.59 Å². The minimum absolute atomic E-state index is 0.188. The van der Waals surface area contributed by atoms with Gasteiger partial charge in [-0.25, -0.2) is 13.1 Å². The normalized spacial score (nSPS) is 19.9. The fraction of sp³-hybridized carbons (Fsp3) is 0.818. The van der Waals surface area contributed by atoms with E-state index < -0.39 is 32.6 Å². The van der Waals surface area contributed by atoms with Crippen LogP contribution in [0.3, 0.4) is 0 Å². The van der Waals surface area contributed by atoms with Gasteiger partial charge in [0.15, 0.2) is 5.25 Å². The van der Waals surface area contributed by atoms with Crippen LogP contribution >= 0.6 is 0 Å². The molecule has 1 rings (SSSR count). The largest absolute Gasteiger partial charge is 0.481 e. The van der Waals surface area contributed by atoms with Crippen molar-refractivity contribution in [3.63, 3.8) is 0 Å². The predicted molar refractivity (Wildman–Crippen MR) is 66.9 cm³/mol. The number of carboxylic acids is 1. The number of nitrogens with one attached hydrogen (secondary N) is 1. The van der Waals surface area contributed by atoms with Gasteiger partial charge in [0.25, 0.3) is 0 Å². The van der Waals surface area contributed by atoms with E-state index in [2.05, 4.69) is 9.46 Å². The number of hydrogen-bond acceptors (Lipinski definition) is 5. The van der Waals surface area contributed by atoms with Crippen molar-refractivity contribution in [2.75, 3.05) is 13.7 Å². The standard InChI is InChI=1S/C11H19NO6S/c1-8(9(13)18-2)19(16,17)12-7-11(10(14)15)5-3-4-6-11/h8,12H,3-7H2,1-2H3,(H,14,15). The summed E-state index contributed by atoms with van der Waals surface area (Å²) in [4.78, 5) is 22.5. The quantitative estimate of drug-likeness (QED) is 0.673. The van der Waals surface area contributed by atoms with Crippen molar-refractivity contribution in [1.82, 2.24) is 4.72 Å². The van der Waals surface area contributed by atoms with Gasteiger partial charge in [-0.2, -0.15) is 0 Å². The predicted octanol–water partition coefficient (Wildman–Crippen LogP) is 0.112. The first-order chi connectivity index (χ1) is 8.75. The van der Waals surface area contributed by atoms with E-state index in [1.165, 1.54) is 6.92 Å². The Morgan fingerprint density at radius 2 is 1.89 bits per heavy atom. The maximum atomic E-state index is 11.8. The number of carboxylic acid groups (broad SMARTS) is 1. The highest BCUT2D eigenvalue weighted by Gasteiger charge is 2.42. The lowest BCUT2D eigenvalue weighted by Crippen LogP contribution is -2.45. The van der Waals surface area contributed by atoms with Crippen LogP contribution in [0.4, 0.5) is 0 Å². The third-order valence-electron chi connectivity index (χ3n) is 3.62. The van der Waals surface area contributed by atoms with Gasteiger partial charge in [0.2, 0.25) is 10.0 Å². The fourth-order valence-electron chi connectivity index (χ4n) is 2.17. The van der Waals surface area contributed by atoms with Crippen LogP contribution < -0.4 is 4.72 Å². The molecule has 8 heteroatoms. The Hall–Kier alpha value is -1.15.